The molecule has 2 aromatic carbocycles. The number of amides is 1. The summed E-state index contributed by atoms with van der Waals surface area (Å²) in [5, 5.41) is 2.53. The quantitative estimate of drug-likeness (QED) is 0.821. The SMILES string of the molecule is O=C(NCc1ccc(N2CCOCC2)cc1C(F)(F)F)C1COc2ccccc2O1. The zero-order valence-corrected chi connectivity index (χ0v) is 16.1. The molecule has 1 atom stereocenters. The fraction of sp³-hybridized carbons (Fsp3) is 0.381. The van der Waals surface area contributed by atoms with E-state index in [1.165, 1.54) is 6.07 Å². The average molecular weight is 422 g/mol. The number of fused-ring (bicyclic) bond motifs is 1. The number of carbonyl (C=O) groups is 1. The fourth-order valence-corrected chi connectivity index (χ4v) is 3.45. The molecule has 0 aromatic heterocycles. The Kier molecular flexibility index (Phi) is 5.72. The Bertz CT molecular complexity index is 913. The molecule has 2 aliphatic rings. The van der Waals surface area contributed by atoms with Gasteiger partial charge in [-0.2, -0.15) is 13.2 Å². The summed E-state index contributed by atoms with van der Waals surface area (Å²) in [5.41, 5.74) is -0.288. The zero-order valence-electron chi connectivity index (χ0n) is 16.1. The van der Waals surface area contributed by atoms with Crippen LogP contribution in [0.15, 0.2) is 42.5 Å². The van der Waals surface area contributed by atoms with Gasteiger partial charge in [0.1, 0.15) is 6.61 Å². The van der Waals surface area contributed by atoms with E-state index in [2.05, 4.69) is 5.32 Å². The highest BCUT2D eigenvalue weighted by Crippen LogP contribution is 2.35. The predicted molar refractivity (Wildman–Crippen MR) is 103 cm³/mol. The van der Waals surface area contributed by atoms with Crippen LogP contribution in [0.4, 0.5) is 18.9 Å². The lowest BCUT2D eigenvalue weighted by molar-refractivity contribution is -0.138. The van der Waals surface area contributed by atoms with Crippen LogP contribution >= 0.6 is 0 Å². The number of alkyl halides is 3. The van der Waals surface area contributed by atoms with Crippen LogP contribution in [0.5, 0.6) is 11.5 Å². The number of nitrogens with zero attached hydrogens (tertiary/aromatic N) is 1. The van der Waals surface area contributed by atoms with Crippen LogP contribution in [0, 0.1) is 0 Å². The third-order valence-corrected chi connectivity index (χ3v) is 5.03. The van der Waals surface area contributed by atoms with E-state index in [9.17, 15) is 18.0 Å². The van der Waals surface area contributed by atoms with Gasteiger partial charge in [-0.05, 0) is 29.8 Å². The number of morpholine rings is 1. The number of anilines is 1. The number of para-hydroxylation sites is 2. The number of nitrogens with one attached hydrogen (secondary N) is 1. The molecule has 0 saturated carbocycles. The largest absolute Gasteiger partial charge is 0.485 e. The van der Waals surface area contributed by atoms with Crippen molar-refractivity contribution in [2.24, 2.45) is 0 Å². The summed E-state index contributed by atoms with van der Waals surface area (Å²) in [6.45, 7) is 1.75. The van der Waals surface area contributed by atoms with Gasteiger partial charge in [-0.15, -0.1) is 0 Å². The molecule has 4 rings (SSSR count). The molecule has 1 N–H and O–H groups in total. The highest BCUT2D eigenvalue weighted by Gasteiger charge is 2.35. The number of hydrogen-bond acceptors (Lipinski definition) is 5. The summed E-state index contributed by atoms with van der Waals surface area (Å²) in [6, 6.07) is 11.1. The van der Waals surface area contributed by atoms with Gasteiger partial charge >= 0.3 is 6.18 Å². The maximum absolute atomic E-state index is 13.6. The summed E-state index contributed by atoms with van der Waals surface area (Å²) in [5.74, 6) is 0.421. The van der Waals surface area contributed by atoms with Gasteiger partial charge in [0.15, 0.2) is 11.5 Å². The van der Waals surface area contributed by atoms with E-state index in [1.54, 1.807) is 30.3 Å². The third-order valence-electron chi connectivity index (χ3n) is 5.03. The Morgan fingerprint density at radius 3 is 2.57 bits per heavy atom. The summed E-state index contributed by atoms with van der Waals surface area (Å²) in [7, 11) is 0. The first kappa shape index (κ1) is 20.3. The van der Waals surface area contributed by atoms with E-state index < -0.39 is 23.8 Å². The minimum atomic E-state index is -4.54. The molecule has 0 aliphatic carbocycles. The predicted octanol–water partition coefficient (Wildman–Crippen LogP) is 3.00. The molecule has 1 unspecified atom stereocenters. The fourth-order valence-electron chi connectivity index (χ4n) is 3.45. The summed E-state index contributed by atoms with van der Waals surface area (Å²) in [6.07, 6.45) is -5.46. The molecule has 2 aliphatic heterocycles. The van der Waals surface area contributed by atoms with Crippen LogP contribution < -0.4 is 19.7 Å². The summed E-state index contributed by atoms with van der Waals surface area (Å²) < 4.78 is 57.3. The number of rotatable bonds is 4. The van der Waals surface area contributed by atoms with E-state index in [0.717, 1.165) is 6.07 Å². The molecule has 2 heterocycles. The lowest BCUT2D eigenvalue weighted by Gasteiger charge is -2.30. The van der Waals surface area contributed by atoms with E-state index >= 15 is 0 Å². The second-order valence-electron chi connectivity index (χ2n) is 7.02. The minimum Gasteiger partial charge on any atom is -0.485 e. The van der Waals surface area contributed by atoms with Crippen LogP contribution in [-0.2, 0) is 22.3 Å². The van der Waals surface area contributed by atoms with Crippen LogP contribution in [0.1, 0.15) is 11.1 Å². The Morgan fingerprint density at radius 1 is 1.10 bits per heavy atom. The van der Waals surface area contributed by atoms with Crippen molar-refractivity contribution in [1.29, 1.82) is 0 Å². The van der Waals surface area contributed by atoms with E-state index in [-0.39, 0.29) is 18.7 Å². The van der Waals surface area contributed by atoms with Gasteiger partial charge < -0.3 is 24.4 Å². The third kappa shape index (κ3) is 4.46. The van der Waals surface area contributed by atoms with E-state index in [1.807, 2.05) is 4.90 Å². The number of halogens is 3. The summed E-state index contributed by atoms with van der Waals surface area (Å²) >= 11 is 0. The van der Waals surface area contributed by atoms with Crippen molar-refractivity contribution in [2.75, 3.05) is 37.8 Å². The number of benzene rings is 2. The van der Waals surface area contributed by atoms with Crippen molar-refractivity contribution < 1.29 is 32.2 Å². The lowest BCUT2D eigenvalue weighted by Crippen LogP contribution is -2.43. The summed E-state index contributed by atoms with van der Waals surface area (Å²) in [4.78, 5) is 14.3. The van der Waals surface area contributed by atoms with Gasteiger partial charge in [-0.1, -0.05) is 18.2 Å². The maximum atomic E-state index is 13.6. The second kappa shape index (κ2) is 8.43. The molecule has 9 heteroatoms. The normalized spacial score (nSPS) is 18.8. The lowest BCUT2D eigenvalue weighted by atomic mass is 10.0. The first-order chi connectivity index (χ1) is 14.4. The smallest absolute Gasteiger partial charge is 0.416 e. The molecule has 160 valence electrons. The first-order valence-corrected chi connectivity index (χ1v) is 9.61. The van der Waals surface area contributed by atoms with Crippen molar-refractivity contribution in [2.45, 2.75) is 18.8 Å². The average Bonchev–Trinajstić information content (AvgIpc) is 2.77. The molecule has 0 bridgehead atoms. The minimum absolute atomic E-state index is 0.00898. The topological polar surface area (TPSA) is 60.0 Å². The number of hydrogen-bond donors (Lipinski definition) is 1. The van der Waals surface area contributed by atoms with Crippen LogP contribution in [0.3, 0.4) is 0 Å². The molecule has 6 nitrogen and oxygen atoms in total. The Morgan fingerprint density at radius 2 is 1.83 bits per heavy atom. The molecule has 30 heavy (non-hydrogen) atoms. The Hall–Kier alpha value is -2.94. The van der Waals surface area contributed by atoms with E-state index in [0.29, 0.717) is 43.5 Å². The highest BCUT2D eigenvalue weighted by atomic mass is 19.4. The molecule has 0 spiro atoms. The van der Waals surface area contributed by atoms with Crippen molar-refractivity contribution in [3.8, 4) is 11.5 Å². The Balaban J connectivity index is 1.45. The van der Waals surface area contributed by atoms with Crippen LogP contribution in [0.25, 0.3) is 0 Å². The van der Waals surface area contributed by atoms with Gasteiger partial charge in [0, 0.05) is 25.3 Å². The second-order valence-corrected chi connectivity index (χ2v) is 7.02. The van der Waals surface area contributed by atoms with Crippen LogP contribution in [0.2, 0.25) is 0 Å². The van der Waals surface area contributed by atoms with E-state index in [4.69, 9.17) is 14.2 Å². The highest BCUT2D eigenvalue weighted by molar-refractivity contribution is 5.81. The molecule has 0 radical (unpaired) electrons. The molecule has 1 amide bonds. The zero-order chi connectivity index (χ0) is 21.1. The Labute approximate surface area is 171 Å². The molecular weight excluding hydrogens is 401 g/mol. The number of carbonyl (C=O) groups excluding carboxylic acids is 1. The van der Waals surface area contributed by atoms with Crippen molar-refractivity contribution in [3.05, 3.63) is 53.6 Å². The molecule has 1 saturated heterocycles. The van der Waals surface area contributed by atoms with Crippen molar-refractivity contribution in [1.82, 2.24) is 5.32 Å². The number of ether oxygens (including phenoxy) is 3. The van der Waals surface area contributed by atoms with Gasteiger partial charge in [-0.3, -0.25) is 4.79 Å². The van der Waals surface area contributed by atoms with Crippen molar-refractivity contribution >= 4 is 11.6 Å². The maximum Gasteiger partial charge on any atom is 0.416 e. The van der Waals surface area contributed by atoms with Gasteiger partial charge in [-0.25, -0.2) is 0 Å². The van der Waals surface area contributed by atoms with Gasteiger partial charge in [0.2, 0.25) is 6.10 Å². The van der Waals surface area contributed by atoms with Gasteiger partial charge in [0.05, 0.1) is 18.8 Å². The standard InChI is InChI=1S/C21H21F3N2O4/c22-21(23,24)16-11-15(26-7-9-28-10-8-26)6-5-14(16)12-25-20(27)19-13-29-17-3-1-2-4-18(17)30-19/h1-6,11,19H,7-10,12-13H2,(H,25,27). The molecule has 1 fully saturated rings. The van der Waals surface area contributed by atoms with Gasteiger partial charge in [0.25, 0.3) is 5.91 Å². The first-order valence-electron chi connectivity index (χ1n) is 9.61. The van der Waals surface area contributed by atoms with Crippen molar-refractivity contribution in [3.63, 3.8) is 0 Å². The van der Waals surface area contributed by atoms with Crippen LogP contribution in [-0.4, -0.2) is 44.9 Å². The molecular formula is C21H21F3N2O4. The monoisotopic (exact) mass is 422 g/mol. The molecule has 2 aromatic rings.